The van der Waals surface area contributed by atoms with Gasteiger partial charge in [-0.05, 0) is 31.9 Å². The second kappa shape index (κ2) is 6.52. The molecule has 0 spiro atoms. The largest absolute Gasteiger partial charge is 0.481 e. The molecule has 0 bridgehead atoms. The molecule has 2 N–H and O–H groups in total. The highest BCUT2D eigenvalue weighted by molar-refractivity contribution is 5.98. The number of amides is 1. The van der Waals surface area contributed by atoms with Crippen molar-refractivity contribution in [2.24, 2.45) is 11.3 Å². The Balaban J connectivity index is 2.84. The number of benzene rings is 1. The number of carbonyl (C=O) groups is 3. The molecule has 1 rings (SSSR count). The van der Waals surface area contributed by atoms with Crippen LogP contribution in [0.3, 0.4) is 0 Å². The van der Waals surface area contributed by atoms with E-state index >= 15 is 0 Å². The lowest BCUT2D eigenvalue weighted by atomic mass is 9.76. The smallest absolute Gasteiger partial charge is 0.310 e. The van der Waals surface area contributed by atoms with Crippen LogP contribution in [0.15, 0.2) is 24.3 Å². The van der Waals surface area contributed by atoms with Crippen LogP contribution in [0.25, 0.3) is 0 Å². The van der Waals surface area contributed by atoms with Crippen LogP contribution < -0.4 is 5.32 Å². The van der Waals surface area contributed by atoms with Crippen molar-refractivity contribution in [3.8, 4) is 0 Å². The molecule has 5 heteroatoms. The summed E-state index contributed by atoms with van der Waals surface area (Å²) in [4.78, 5) is 34.7. The van der Waals surface area contributed by atoms with Gasteiger partial charge in [-0.25, -0.2) is 0 Å². The summed E-state index contributed by atoms with van der Waals surface area (Å²) in [6, 6.07) is 6.57. The van der Waals surface area contributed by atoms with Crippen LogP contribution in [0.2, 0.25) is 0 Å². The molecular formula is C16H21NO4. The third-order valence-electron chi connectivity index (χ3n) is 3.84. The molecule has 0 aliphatic carbocycles. The molecule has 1 amide bonds. The molecule has 0 aliphatic rings. The highest BCUT2D eigenvalue weighted by atomic mass is 16.4. The number of nitrogens with one attached hydrogen (secondary N) is 1. The fraction of sp³-hybridized carbons (Fsp3) is 0.438. The fourth-order valence-electron chi connectivity index (χ4n) is 1.88. The van der Waals surface area contributed by atoms with E-state index in [0.717, 1.165) is 0 Å². The highest BCUT2D eigenvalue weighted by Gasteiger charge is 2.38. The zero-order valence-electron chi connectivity index (χ0n) is 12.8. The van der Waals surface area contributed by atoms with Crippen molar-refractivity contribution in [1.82, 2.24) is 0 Å². The van der Waals surface area contributed by atoms with Gasteiger partial charge in [0.15, 0.2) is 5.78 Å². The maximum absolute atomic E-state index is 12.1. The zero-order valence-corrected chi connectivity index (χ0v) is 12.8. The van der Waals surface area contributed by atoms with Crippen molar-refractivity contribution < 1.29 is 19.5 Å². The quantitative estimate of drug-likeness (QED) is 0.789. The zero-order chi connectivity index (χ0) is 16.2. The number of aliphatic carboxylic acids is 1. The predicted molar refractivity (Wildman–Crippen MR) is 80.3 cm³/mol. The Morgan fingerprint density at radius 2 is 1.90 bits per heavy atom. The monoisotopic (exact) mass is 291 g/mol. The lowest BCUT2D eigenvalue weighted by Crippen LogP contribution is -2.37. The van der Waals surface area contributed by atoms with Crippen molar-refractivity contribution >= 4 is 23.3 Å². The minimum Gasteiger partial charge on any atom is -0.481 e. The van der Waals surface area contributed by atoms with E-state index in [1.165, 1.54) is 6.92 Å². The predicted octanol–water partition coefficient (Wildman–Crippen LogP) is 2.96. The molecule has 1 unspecified atom stereocenters. The lowest BCUT2D eigenvalue weighted by Gasteiger charge is -2.28. The van der Waals surface area contributed by atoms with Crippen LogP contribution in [-0.4, -0.2) is 22.8 Å². The Morgan fingerprint density at radius 1 is 1.29 bits per heavy atom. The molecule has 0 saturated carbocycles. The number of carboxylic acid groups (broad SMARTS) is 1. The van der Waals surface area contributed by atoms with E-state index in [2.05, 4.69) is 5.32 Å². The van der Waals surface area contributed by atoms with Gasteiger partial charge in [0.05, 0.1) is 5.41 Å². The number of ketones is 1. The average molecular weight is 291 g/mol. The molecular weight excluding hydrogens is 270 g/mol. The van der Waals surface area contributed by atoms with Gasteiger partial charge >= 0.3 is 5.97 Å². The van der Waals surface area contributed by atoms with Crippen molar-refractivity contribution in [3.63, 3.8) is 0 Å². The molecule has 0 heterocycles. The molecule has 1 aromatic carbocycles. The molecule has 5 nitrogen and oxygen atoms in total. The molecule has 0 radical (unpaired) electrons. The van der Waals surface area contributed by atoms with Crippen LogP contribution in [-0.2, 0) is 9.59 Å². The van der Waals surface area contributed by atoms with Gasteiger partial charge < -0.3 is 10.4 Å². The minimum atomic E-state index is -1.12. The van der Waals surface area contributed by atoms with Gasteiger partial charge in [-0.2, -0.15) is 0 Å². The summed E-state index contributed by atoms with van der Waals surface area (Å²) in [5.74, 6) is -1.65. The first kappa shape index (κ1) is 16.9. The summed E-state index contributed by atoms with van der Waals surface area (Å²) in [7, 11) is 0. The third-order valence-corrected chi connectivity index (χ3v) is 3.84. The number of hydrogen-bond donors (Lipinski definition) is 2. The Labute approximate surface area is 124 Å². The van der Waals surface area contributed by atoms with E-state index < -0.39 is 11.4 Å². The first-order chi connectivity index (χ1) is 9.66. The second-order valence-electron chi connectivity index (χ2n) is 5.74. The average Bonchev–Trinajstić information content (AvgIpc) is 2.38. The molecule has 0 aromatic heterocycles. The van der Waals surface area contributed by atoms with Gasteiger partial charge in [-0.1, -0.05) is 26.0 Å². The summed E-state index contributed by atoms with van der Waals surface area (Å²) in [5.41, 5.74) is -0.135. The molecule has 0 fully saturated rings. The topological polar surface area (TPSA) is 83.5 Å². The number of anilines is 1. The number of Topliss-reactive ketones (excluding diaryl/α,β-unsaturated/α-hetero) is 1. The van der Waals surface area contributed by atoms with E-state index in [9.17, 15) is 19.5 Å². The van der Waals surface area contributed by atoms with Crippen LogP contribution in [0, 0.1) is 11.3 Å². The summed E-state index contributed by atoms with van der Waals surface area (Å²) >= 11 is 0. The van der Waals surface area contributed by atoms with E-state index in [1.54, 1.807) is 45.0 Å². The van der Waals surface area contributed by atoms with Crippen LogP contribution in [0.4, 0.5) is 5.69 Å². The van der Waals surface area contributed by atoms with Gasteiger partial charge in [-0.15, -0.1) is 0 Å². The minimum absolute atomic E-state index is 0.0938. The molecule has 21 heavy (non-hydrogen) atoms. The fourth-order valence-corrected chi connectivity index (χ4v) is 1.88. The molecule has 0 aliphatic heterocycles. The van der Waals surface area contributed by atoms with Gasteiger partial charge in [0, 0.05) is 17.7 Å². The Hall–Kier alpha value is -2.17. The summed E-state index contributed by atoms with van der Waals surface area (Å²) < 4.78 is 0. The number of hydrogen-bond acceptors (Lipinski definition) is 3. The Morgan fingerprint density at radius 3 is 2.38 bits per heavy atom. The maximum atomic E-state index is 12.1. The van der Waals surface area contributed by atoms with Crippen LogP contribution in [0.1, 0.15) is 44.5 Å². The van der Waals surface area contributed by atoms with Crippen molar-refractivity contribution in [3.05, 3.63) is 29.8 Å². The van der Waals surface area contributed by atoms with Gasteiger partial charge in [-0.3, -0.25) is 14.4 Å². The number of rotatable bonds is 6. The number of carboxylic acids is 1. The van der Waals surface area contributed by atoms with E-state index in [-0.39, 0.29) is 24.0 Å². The standard InChI is InChI=1S/C16H21NO4/c1-10(2)16(4,15(20)21)9-14(19)17-13-7-5-6-12(8-13)11(3)18/h5-8,10H,9H2,1-4H3,(H,17,19)(H,20,21). The van der Waals surface area contributed by atoms with E-state index in [4.69, 9.17) is 0 Å². The second-order valence-corrected chi connectivity index (χ2v) is 5.74. The third kappa shape index (κ3) is 4.15. The molecule has 1 atom stereocenters. The van der Waals surface area contributed by atoms with Crippen molar-refractivity contribution in [2.45, 2.75) is 34.1 Å². The van der Waals surface area contributed by atoms with Crippen molar-refractivity contribution in [2.75, 3.05) is 5.32 Å². The van der Waals surface area contributed by atoms with Crippen LogP contribution >= 0.6 is 0 Å². The summed E-state index contributed by atoms with van der Waals surface area (Å²) in [6.45, 7) is 6.56. The van der Waals surface area contributed by atoms with Crippen LogP contribution in [0.5, 0.6) is 0 Å². The van der Waals surface area contributed by atoms with Crippen molar-refractivity contribution in [1.29, 1.82) is 0 Å². The summed E-state index contributed by atoms with van der Waals surface area (Å²) in [6.07, 6.45) is -0.121. The van der Waals surface area contributed by atoms with E-state index in [1.807, 2.05) is 0 Å². The van der Waals surface area contributed by atoms with E-state index in [0.29, 0.717) is 11.3 Å². The summed E-state index contributed by atoms with van der Waals surface area (Å²) in [5, 5.41) is 12.0. The first-order valence-corrected chi connectivity index (χ1v) is 6.81. The number of carbonyl (C=O) groups excluding carboxylic acids is 2. The van der Waals surface area contributed by atoms with Gasteiger partial charge in [0.2, 0.25) is 5.91 Å². The van der Waals surface area contributed by atoms with Gasteiger partial charge in [0.25, 0.3) is 0 Å². The molecule has 1 aromatic rings. The maximum Gasteiger partial charge on any atom is 0.310 e. The Kier molecular flexibility index (Phi) is 5.24. The molecule has 114 valence electrons. The SMILES string of the molecule is CC(=O)c1cccc(NC(=O)CC(C)(C(=O)O)C(C)C)c1. The normalized spacial score (nSPS) is 13.6. The highest BCUT2D eigenvalue weighted by Crippen LogP contribution is 2.31. The molecule has 0 saturated heterocycles. The Bertz CT molecular complexity index is 565. The van der Waals surface area contributed by atoms with Gasteiger partial charge in [0.1, 0.15) is 0 Å². The lowest BCUT2D eigenvalue weighted by molar-refractivity contribution is -0.153. The first-order valence-electron chi connectivity index (χ1n) is 6.81.